The standard InChI is InChI=1S/C19H21F3N6O/c1-10(2)19(24,17(29)28-9-18(20,21)22)12-3-11(5-25-6-12)15-8-27-16-14(15)4-13(23)7-26-16/h3-8,10H,9,23-24H2,1-2H3,(H,26,27)(H,28,29)/t19-/m1/s1. The molecule has 0 fully saturated rings. The fraction of sp³-hybridized carbons (Fsp3) is 0.316. The largest absolute Gasteiger partial charge is 0.405 e. The van der Waals surface area contributed by atoms with Crippen molar-refractivity contribution in [2.24, 2.45) is 11.7 Å². The zero-order chi connectivity index (χ0) is 21.4. The Morgan fingerprint density at radius 3 is 2.62 bits per heavy atom. The number of rotatable bonds is 5. The summed E-state index contributed by atoms with van der Waals surface area (Å²) >= 11 is 0. The van der Waals surface area contributed by atoms with Crippen LogP contribution >= 0.6 is 0 Å². The molecule has 1 atom stereocenters. The Balaban J connectivity index is 2.03. The Bertz CT molecular complexity index is 1050. The molecule has 0 aliphatic carbocycles. The molecule has 154 valence electrons. The van der Waals surface area contributed by atoms with Crippen LogP contribution in [-0.4, -0.2) is 33.6 Å². The van der Waals surface area contributed by atoms with Gasteiger partial charge in [0.15, 0.2) is 0 Å². The van der Waals surface area contributed by atoms with E-state index in [1.165, 1.54) is 12.4 Å². The van der Waals surface area contributed by atoms with Gasteiger partial charge in [0.1, 0.15) is 17.7 Å². The van der Waals surface area contributed by atoms with Crippen LogP contribution in [0.5, 0.6) is 0 Å². The van der Waals surface area contributed by atoms with Gasteiger partial charge in [0, 0.05) is 40.7 Å². The van der Waals surface area contributed by atoms with Crippen LogP contribution in [0.25, 0.3) is 22.2 Å². The van der Waals surface area contributed by atoms with Crippen molar-refractivity contribution in [3.05, 3.63) is 42.5 Å². The number of anilines is 1. The first-order chi connectivity index (χ1) is 13.5. The molecule has 7 nitrogen and oxygen atoms in total. The van der Waals surface area contributed by atoms with Crippen LogP contribution in [0, 0.1) is 5.92 Å². The SMILES string of the molecule is CC(C)[C@](N)(C(=O)NCC(F)(F)F)c1cncc(-c2c[nH]c3ncc(N)cc23)c1. The van der Waals surface area contributed by atoms with Crippen molar-refractivity contribution < 1.29 is 18.0 Å². The maximum Gasteiger partial charge on any atom is 0.405 e. The molecule has 0 aromatic carbocycles. The average molecular weight is 406 g/mol. The summed E-state index contributed by atoms with van der Waals surface area (Å²) in [5, 5.41) is 2.63. The number of carbonyl (C=O) groups is 1. The number of carbonyl (C=O) groups excluding carboxylic acids is 1. The van der Waals surface area contributed by atoms with Gasteiger partial charge in [-0.1, -0.05) is 13.8 Å². The van der Waals surface area contributed by atoms with E-state index >= 15 is 0 Å². The molecule has 0 spiro atoms. The zero-order valence-electron chi connectivity index (χ0n) is 15.8. The maximum atomic E-state index is 12.6. The number of hydrogen-bond acceptors (Lipinski definition) is 5. The number of nitrogen functional groups attached to an aromatic ring is 1. The van der Waals surface area contributed by atoms with Gasteiger partial charge in [-0.3, -0.25) is 9.78 Å². The summed E-state index contributed by atoms with van der Waals surface area (Å²) in [7, 11) is 0. The summed E-state index contributed by atoms with van der Waals surface area (Å²) in [4.78, 5) is 24.0. The maximum absolute atomic E-state index is 12.6. The second kappa shape index (κ2) is 7.36. The molecule has 0 aliphatic heterocycles. The number of halogens is 3. The van der Waals surface area contributed by atoms with Crippen molar-refractivity contribution in [2.75, 3.05) is 12.3 Å². The van der Waals surface area contributed by atoms with Gasteiger partial charge >= 0.3 is 6.18 Å². The molecule has 10 heteroatoms. The molecule has 1 amide bonds. The molecule has 6 N–H and O–H groups in total. The van der Waals surface area contributed by atoms with Crippen LogP contribution in [0.15, 0.2) is 36.9 Å². The summed E-state index contributed by atoms with van der Waals surface area (Å²) in [6, 6.07) is 3.39. The highest BCUT2D eigenvalue weighted by Crippen LogP contribution is 2.33. The van der Waals surface area contributed by atoms with Crippen molar-refractivity contribution in [1.29, 1.82) is 0 Å². The molecule has 0 unspecified atom stereocenters. The Morgan fingerprint density at radius 1 is 1.24 bits per heavy atom. The normalized spacial score (nSPS) is 14.2. The van der Waals surface area contributed by atoms with E-state index in [1.54, 1.807) is 38.4 Å². The van der Waals surface area contributed by atoms with Gasteiger partial charge in [-0.2, -0.15) is 13.2 Å². The van der Waals surface area contributed by atoms with Crippen LogP contribution in [0.4, 0.5) is 18.9 Å². The highest BCUT2D eigenvalue weighted by molar-refractivity contribution is 5.95. The van der Waals surface area contributed by atoms with Gasteiger partial charge in [0.25, 0.3) is 0 Å². The van der Waals surface area contributed by atoms with E-state index in [1.807, 2.05) is 5.32 Å². The Hall–Kier alpha value is -3.14. The summed E-state index contributed by atoms with van der Waals surface area (Å²) in [5.74, 6) is -1.42. The lowest BCUT2D eigenvalue weighted by Crippen LogP contribution is -2.56. The lowest BCUT2D eigenvalue weighted by molar-refractivity contribution is -0.143. The minimum atomic E-state index is -4.54. The van der Waals surface area contributed by atoms with E-state index in [2.05, 4.69) is 15.0 Å². The Morgan fingerprint density at radius 2 is 1.97 bits per heavy atom. The third kappa shape index (κ3) is 4.02. The number of pyridine rings is 2. The second-order valence-electron chi connectivity index (χ2n) is 7.15. The molecule has 0 aliphatic rings. The highest BCUT2D eigenvalue weighted by Gasteiger charge is 2.41. The molecule has 3 heterocycles. The van der Waals surface area contributed by atoms with E-state index in [0.29, 0.717) is 22.5 Å². The predicted molar refractivity (Wildman–Crippen MR) is 104 cm³/mol. The summed E-state index contributed by atoms with van der Waals surface area (Å²) < 4.78 is 37.7. The number of nitrogens with one attached hydrogen (secondary N) is 2. The molecule has 29 heavy (non-hydrogen) atoms. The van der Waals surface area contributed by atoms with Crippen LogP contribution in [0.2, 0.25) is 0 Å². The van der Waals surface area contributed by atoms with Gasteiger partial charge in [0.2, 0.25) is 5.91 Å². The highest BCUT2D eigenvalue weighted by atomic mass is 19.4. The molecule has 0 saturated heterocycles. The van der Waals surface area contributed by atoms with Crippen LogP contribution < -0.4 is 16.8 Å². The van der Waals surface area contributed by atoms with Gasteiger partial charge in [-0.15, -0.1) is 0 Å². The summed E-state index contributed by atoms with van der Waals surface area (Å²) in [6.07, 6.45) is 1.66. The number of aromatic amines is 1. The van der Waals surface area contributed by atoms with Crippen molar-refractivity contribution in [1.82, 2.24) is 20.3 Å². The van der Waals surface area contributed by atoms with E-state index in [9.17, 15) is 18.0 Å². The molecule has 0 saturated carbocycles. The third-order valence-corrected chi connectivity index (χ3v) is 4.81. The lowest BCUT2D eigenvalue weighted by Gasteiger charge is -2.32. The van der Waals surface area contributed by atoms with Crippen molar-refractivity contribution in [2.45, 2.75) is 25.6 Å². The smallest absolute Gasteiger partial charge is 0.397 e. The number of nitrogens with zero attached hydrogens (tertiary/aromatic N) is 2. The van der Waals surface area contributed by atoms with Crippen LogP contribution in [-0.2, 0) is 10.3 Å². The molecule has 3 aromatic heterocycles. The van der Waals surface area contributed by atoms with E-state index in [0.717, 1.165) is 10.9 Å². The number of aromatic nitrogens is 3. The first kappa shape index (κ1) is 20.6. The molecule has 0 bridgehead atoms. The Kier molecular flexibility index (Phi) is 5.22. The minimum absolute atomic E-state index is 0.302. The second-order valence-corrected chi connectivity index (χ2v) is 7.15. The van der Waals surface area contributed by atoms with Crippen molar-refractivity contribution in [3.63, 3.8) is 0 Å². The lowest BCUT2D eigenvalue weighted by atomic mass is 9.80. The van der Waals surface area contributed by atoms with Crippen molar-refractivity contribution in [3.8, 4) is 11.1 Å². The van der Waals surface area contributed by atoms with Crippen LogP contribution in [0.3, 0.4) is 0 Å². The summed E-state index contributed by atoms with van der Waals surface area (Å²) in [5.41, 5.74) is 13.2. The first-order valence-electron chi connectivity index (χ1n) is 8.85. The number of hydrogen-bond donors (Lipinski definition) is 4. The monoisotopic (exact) mass is 406 g/mol. The van der Waals surface area contributed by atoms with E-state index in [-0.39, 0.29) is 0 Å². The van der Waals surface area contributed by atoms with Gasteiger partial charge in [-0.05, 0) is 18.1 Å². The fourth-order valence-electron chi connectivity index (χ4n) is 3.13. The number of fused-ring (bicyclic) bond motifs is 1. The number of alkyl halides is 3. The minimum Gasteiger partial charge on any atom is -0.397 e. The molecule has 3 rings (SSSR count). The number of H-pyrrole nitrogens is 1. The molecule has 3 aromatic rings. The molecule has 0 radical (unpaired) electrons. The van der Waals surface area contributed by atoms with E-state index < -0.39 is 30.1 Å². The van der Waals surface area contributed by atoms with Crippen LogP contribution in [0.1, 0.15) is 19.4 Å². The zero-order valence-corrected chi connectivity index (χ0v) is 15.8. The fourth-order valence-corrected chi connectivity index (χ4v) is 3.13. The quantitative estimate of drug-likeness (QED) is 0.519. The average Bonchev–Trinajstić information content (AvgIpc) is 3.07. The first-order valence-corrected chi connectivity index (χ1v) is 8.85. The number of amides is 1. The Labute approximate surface area is 164 Å². The van der Waals surface area contributed by atoms with Gasteiger partial charge in [-0.25, -0.2) is 4.98 Å². The van der Waals surface area contributed by atoms with Gasteiger partial charge < -0.3 is 21.8 Å². The topological polar surface area (TPSA) is 123 Å². The number of nitrogens with two attached hydrogens (primary N) is 2. The van der Waals surface area contributed by atoms with Gasteiger partial charge in [0.05, 0.1) is 11.9 Å². The summed E-state index contributed by atoms with van der Waals surface area (Å²) in [6.45, 7) is 1.87. The molecular formula is C19H21F3N6O. The third-order valence-electron chi connectivity index (χ3n) is 4.81. The van der Waals surface area contributed by atoms with E-state index in [4.69, 9.17) is 11.5 Å². The predicted octanol–water partition coefficient (Wildman–Crippen LogP) is 2.70. The molecular weight excluding hydrogens is 385 g/mol. The van der Waals surface area contributed by atoms with Crippen molar-refractivity contribution >= 4 is 22.6 Å².